The Bertz CT molecular complexity index is 808. The minimum atomic E-state index is -0.512. The summed E-state index contributed by atoms with van der Waals surface area (Å²) >= 11 is 0. The summed E-state index contributed by atoms with van der Waals surface area (Å²) in [7, 11) is 0. The van der Waals surface area contributed by atoms with Crippen molar-refractivity contribution in [3.05, 3.63) is 59.4 Å². The fourth-order valence-corrected chi connectivity index (χ4v) is 3.54. The van der Waals surface area contributed by atoms with Crippen molar-refractivity contribution in [2.75, 3.05) is 4.90 Å². The average molecular weight is 339 g/mol. The first kappa shape index (κ1) is 15.8. The van der Waals surface area contributed by atoms with E-state index in [1.165, 1.54) is 24.6 Å². The van der Waals surface area contributed by atoms with Gasteiger partial charge in [-0.05, 0) is 49.9 Å². The smallest absolute Gasteiger partial charge is 0.266 e. The van der Waals surface area contributed by atoms with E-state index in [2.05, 4.69) is 0 Å². The van der Waals surface area contributed by atoms with Crippen molar-refractivity contribution in [1.82, 2.24) is 0 Å². The third-order valence-corrected chi connectivity index (χ3v) is 4.80. The summed E-state index contributed by atoms with van der Waals surface area (Å²) in [6.45, 7) is 0. The van der Waals surface area contributed by atoms with Gasteiger partial charge in [0.15, 0.2) is 0 Å². The molecule has 1 aliphatic carbocycles. The van der Waals surface area contributed by atoms with Gasteiger partial charge in [0.1, 0.15) is 11.6 Å². The maximum absolute atomic E-state index is 13.9. The molecule has 4 rings (SSSR count). The Balaban J connectivity index is 1.71. The SMILES string of the molecule is O=C1c2ccccc2C(=O)N1c1cc(F)ccc1OC1CCCCC1. The molecule has 0 unspecified atom stereocenters. The van der Waals surface area contributed by atoms with E-state index in [4.69, 9.17) is 4.74 Å². The third kappa shape index (κ3) is 2.80. The molecule has 1 aliphatic heterocycles. The second kappa shape index (κ2) is 6.31. The molecule has 0 atom stereocenters. The molecular formula is C20H18FNO3. The van der Waals surface area contributed by atoms with Crippen molar-refractivity contribution in [2.45, 2.75) is 38.2 Å². The predicted octanol–water partition coefficient (Wildman–Crippen LogP) is 4.34. The van der Waals surface area contributed by atoms with Gasteiger partial charge in [0.05, 0.1) is 22.9 Å². The molecule has 4 nitrogen and oxygen atoms in total. The minimum absolute atomic E-state index is 0.0353. The Hall–Kier alpha value is -2.69. The molecule has 0 radical (unpaired) electrons. The molecule has 2 aromatic rings. The number of carbonyl (C=O) groups is 2. The number of hydrogen-bond donors (Lipinski definition) is 0. The highest BCUT2D eigenvalue weighted by Gasteiger charge is 2.38. The Labute approximate surface area is 145 Å². The lowest BCUT2D eigenvalue weighted by molar-refractivity contribution is 0.0922. The van der Waals surface area contributed by atoms with Gasteiger partial charge in [-0.3, -0.25) is 9.59 Å². The van der Waals surface area contributed by atoms with Crippen LogP contribution >= 0.6 is 0 Å². The standard InChI is InChI=1S/C20H18FNO3/c21-13-10-11-18(25-14-6-2-1-3-7-14)17(12-13)22-19(23)15-8-4-5-9-16(15)20(22)24/h4-5,8-12,14H,1-3,6-7H2. The quantitative estimate of drug-likeness (QED) is 0.782. The number of rotatable bonds is 3. The third-order valence-electron chi connectivity index (χ3n) is 4.80. The van der Waals surface area contributed by atoms with Gasteiger partial charge in [0, 0.05) is 6.07 Å². The molecule has 0 spiro atoms. The van der Waals surface area contributed by atoms with Crippen LogP contribution in [0, 0.1) is 5.82 Å². The number of carbonyl (C=O) groups excluding carboxylic acids is 2. The van der Waals surface area contributed by atoms with Crippen LogP contribution < -0.4 is 9.64 Å². The molecule has 128 valence electrons. The van der Waals surface area contributed by atoms with Crippen LogP contribution in [-0.4, -0.2) is 17.9 Å². The zero-order valence-corrected chi connectivity index (χ0v) is 13.7. The zero-order chi connectivity index (χ0) is 17.4. The predicted molar refractivity (Wildman–Crippen MR) is 91.5 cm³/mol. The van der Waals surface area contributed by atoms with Gasteiger partial charge in [-0.1, -0.05) is 18.6 Å². The van der Waals surface area contributed by atoms with E-state index in [0.29, 0.717) is 16.9 Å². The fraction of sp³-hybridized carbons (Fsp3) is 0.300. The van der Waals surface area contributed by atoms with Gasteiger partial charge in [-0.15, -0.1) is 0 Å². The second-order valence-corrected chi connectivity index (χ2v) is 6.48. The molecule has 0 aromatic heterocycles. The van der Waals surface area contributed by atoms with Gasteiger partial charge < -0.3 is 4.74 Å². The highest BCUT2D eigenvalue weighted by Crippen LogP contribution is 2.37. The molecule has 0 saturated heterocycles. The van der Waals surface area contributed by atoms with Crippen molar-refractivity contribution in [1.29, 1.82) is 0 Å². The summed E-state index contributed by atoms with van der Waals surface area (Å²) in [6, 6.07) is 10.6. The van der Waals surface area contributed by atoms with Crippen molar-refractivity contribution >= 4 is 17.5 Å². The Kier molecular flexibility index (Phi) is 3.99. The van der Waals surface area contributed by atoms with E-state index in [-0.39, 0.29) is 11.8 Å². The Morgan fingerprint density at radius 2 is 1.56 bits per heavy atom. The molecule has 0 bridgehead atoms. The van der Waals surface area contributed by atoms with Gasteiger partial charge in [0.25, 0.3) is 11.8 Å². The van der Waals surface area contributed by atoms with Gasteiger partial charge in [-0.25, -0.2) is 9.29 Å². The molecule has 25 heavy (non-hydrogen) atoms. The van der Waals surface area contributed by atoms with Crippen LogP contribution in [0.5, 0.6) is 5.75 Å². The van der Waals surface area contributed by atoms with Gasteiger partial charge in [-0.2, -0.15) is 0 Å². The molecule has 2 aromatic carbocycles. The summed E-state index contributed by atoms with van der Waals surface area (Å²) in [4.78, 5) is 26.4. The van der Waals surface area contributed by atoms with Crippen LogP contribution in [0.3, 0.4) is 0 Å². The number of nitrogens with zero attached hydrogens (tertiary/aromatic N) is 1. The number of halogens is 1. The van der Waals surface area contributed by atoms with Crippen molar-refractivity contribution in [3.8, 4) is 5.75 Å². The van der Waals surface area contributed by atoms with Crippen LogP contribution in [0.1, 0.15) is 52.8 Å². The molecule has 2 aliphatic rings. The monoisotopic (exact) mass is 339 g/mol. The number of anilines is 1. The highest BCUT2D eigenvalue weighted by atomic mass is 19.1. The normalized spacial score (nSPS) is 17.7. The van der Waals surface area contributed by atoms with Crippen molar-refractivity contribution in [3.63, 3.8) is 0 Å². The molecule has 5 heteroatoms. The number of hydrogen-bond acceptors (Lipinski definition) is 3. The van der Waals surface area contributed by atoms with E-state index >= 15 is 0 Å². The minimum Gasteiger partial charge on any atom is -0.488 e. The van der Waals surface area contributed by atoms with Crippen LogP contribution in [0.25, 0.3) is 0 Å². The highest BCUT2D eigenvalue weighted by molar-refractivity contribution is 6.34. The first-order valence-corrected chi connectivity index (χ1v) is 8.59. The number of benzene rings is 2. The van der Waals surface area contributed by atoms with E-state index in [1.54, 1.807) is 24.3 Å². The number of ether oxygens (including phenoxy) is 1. The molecular weight excluding hydrogens is 321 g/mol. The molecule has 1 heterocycles. The molecule has 1 fully saturated rings. The molecule has 1 saturated carbocycles. The van der Waals surface area contributed by atoms with E-state index in [0.717, 1.165) is 30.6 Å². The maximum atomic E-state index is 13.9. The van der Waals surface area contributed by atoms with Crippen LogP contribution in [-0.2, 0) is 0 Å². The summed E-state index contributed by atoms with van der Waals surface area (Å²) < 4.78 is 19.9. The summed E-state index contributed by atoms with van der Waals surface area (Å²) in [5.41, 5.74) is 0.845. The lowest BCUT2D eigenvalue weighted by Gasteiger charge is -2.26. The average Bonchev–Trinajstić information content (AvgIpc) is 2.89. The number of amides is 2. The topological polar surface area (TPSA) is 46.6 Å². The molecule has 0 N–H and O–H groups in total. The Morgan fingerprint density at radius 3 is 2.20 bits per heavy atom. The lowest BCUT2D eigenvalue weighted by Crippen LogP contribution is -2.30. The van der Waals surface area contributed by atoms with E-state index in [9.17, 15) is 14.0 Å². The zero-order valence-electron chi connectivity index (χ0n) is 13.7. The van der Waals surface area contributed by atoms with Crippen LogP contribution in [0.2, 0.25) is 0 Å². The van der Waals surface area contributed by atoms with Gasteiger partial charge in [0.2, 0.25) is 0 Å². The van der Waals surface area contributed by atoms with Crippen LogP contribution in [0.15, 0.2) is 42.5 Å². The summed E-state index contributed by atoms with van der Waals surface area (Å²) in [5, 5.41) is 0. The fourth-order valence-electron chi connectivity index (χ4n) is 3.54. The summed E-state index contributed by atoms with van der Waals surface area (Å²) in [6.07, 6.45) is 5.27. The summed E-state index contributed by atoms with van der Waals surface area (Å²) in [5.74, 6) is -1.02. The van der Waals surface area contributed by atoms with E-state index in [1.807, 2.05) is 0 Å². The number of fused-ring (bicyclic) bond motifs is 1. The first-order valence-electron chi connectivity index (χ1n) is 8.59. The van der Waals surface area contributed by atoms with Crippen molar-refractivity contribution in [2.24, 2.45) is 0 Å². The number of imide groups is 1. The largest absolute Gasteiger partial charge is 0.488 e. The first-order chi connectivity index (χ1) is 12.1. The maximum Gasteiger partial charge on any atom is 0.266 e. The second-order valence-electron chi connectivity index (χ2n) is 6.48. The van der Waals surface area contributed by atoms with Crippen molar-refractivity contribution < 1.29 is 18.7 Å². The van der Waals surface area contributed by atoms with Crippen LogP contribution in [0.4, 0.5) is 10.1 Å². The van der Waals surface area contributed by atoms with E-state index < -0.39 is 17.6 Å². The van der Waals surface area contributed by atoms with Gasteiger partial charge >= 0.3 is 0 Å². The Morgan fingerprint density at radius 1 is 0.920 bits per heavy atom. The lowest BCUT2D eigenvalue weighted by atomic mass is 9.98. The molecule has 2 amide bonds.